The summed E-state index contributed by atoms with van der Waals surface area (Å²) in [5.41, 5.74) is 0. The Morgan fingerprint density at radius 3 is 0.261 bits per heavy atom. The zero-order valence-electron chi connectivity index (χ0n) is 48.9. The van der Waals surface area contributed by atoms with Crippen molar-refractivity contribution in [3.63, 3.8) is 0 Å². The molecule has 0 fully saturated rings. The summed E-state index contributed by atoms with van der Waals surface area (Å²) in [5.74, 6) is 0. The first-order chi connectivity index (χ1) is 34.2. The highest BCUT2D eigenvalue weighted by Gasteiger charge is 1.99. The maximum atomic E-state index is 8.71. The molecule has 3 nitrogen and oxygen atoms in total. The molecule has 0 aromatic heterocycles. The van der Waals surface area contributed by atoms with Crippen LogP contribution >= 0.6 is 0 Å². The molecular formula is C66H138O3. The lowest BCUT2D eigenvalue weighted by Crippen LogP contribution is -1.85. The van der Waals surface area contributed by atoms with Crippen molar-refractivity contribution in [3.8, 4) is 0 Å². The van der Waals surface area contributed by atoms with Gasteiger partial charge < -0.3 is 15.3 Å². The normalized spacial score (nSPS) is 11.2. The molecule has 0 saturated carbocycles. The van der Waals surface area contributed by atoms with Gasteiger partial charge in [0.1, 0.15) is 0 Å². The van der Waals surface area contributed by atoms with Gasteiger partial charge >= 0.3 is 0 Å². The monoisotopic (exact) mass is 979 g/mol. The van der Waals surface area contributed by atoms with Gasteiger partial charge in [-0.2, -0.15) is 0 Å². The van der Waals surface area contributed by atoms with Crippen LogP contribution in [0.2, 0.25) is 0 Å². The van der Waals surface area contributed by atoms with E-state index in [1.54, 1.807) is 0 Å². The summed E-state index contributed by atoms with van der Waals surface area (Å²) in [5, 5.41) is 26.1. The number of rotatable bonds is 60. The maximum Gasteiger partial charge on any atom is 0.0431 e. The largest absolute Gasteiger partial charge is 0.396 e. The van der Waals surface area contributed by atoms with Crippen LogP contribution < -0.4 is 0 Å². The molecule has 0 aliphatic heterocycles. The van der Waals surface area contributed by atoms with Gasteiger partial charge in [-0.15, -0.1) is 0 Å². The van der Waals surface area contributed by atoms with E-state index in [0.717, 1.165) is 19.3 Å². The number of hydrogen-bond acceptors (Lipinski definition) is 3. The van der Waals surface area contributed by atoms with E-state index in [1.807, 2.05) is 0 Å². The Labute approximate surface area is 439 Å². The quantitative estimate of drug-likeness (QED) is 0.0532. The van der Waals surface area contributed by atoms with E-state index >= 15 is 0 Å². The van der Waals surface area contributed by atoms with Crippen LogP contribution in [-0.4, -0.2) is 35.1 Å². The van der Waals surface area contributed by atoms with Crippen molar-refractivity contribution in [3.05, 3.63) is 0 Å². The number of aliphatic hydroxyl groups excluding tert-OH is 3. The van der Waals surface area contributed by atoms with Crippen LogP contribution in [0.25, 0.3) is 0 Å². The van der Waals surface area contributed by atoms with Crippen LogP contribution in [0.4, 0.5) is 0 Å². The van der Waals surface area contributed by atoms with Gasteiger partial charge in [0.05, 0.1) is 0 Å². The standard InChI is InChI=1S/3C22H46O/c3*1-2-3-4-5-6-7-8-9-10-11-12-13-14-15-16-17-18-19-20-21-22-23/h3*23H,2-22H2,1H3. The Kier molecular flexibility index (Phi) is 81.4. The van der Waals surface area contributed by atoms with E-state index in [9.17, 15) is 0 Å². The average molecular weight is 980 g/mol. The van der Waals surface area contributed by atoms with Gasteiger partial charge in [0.15, 0.2) is 0 Å². The van der Waals surface area contributed by atoms with Crippen LogP contribution in [0, 0.1) is 0 Å². The molecule has 0 saturated heterocycles. The minimum atomic E-state index is 0.374. The first-order valence-electron chi connectivity index (χ1n) is 33.1. The Bertz CT molecular complexity index is 611. The molecule has 0 unspecified atom stereocenters. The zero-order chi connectivity index (χ0) is 50.5. The smallest absolute Gasteiger partial charge is 0.0431 e. The van der Waals surface area contributed by atoms with Gasteiger partial charge in [0, 0.05) is 19.8 Å². The predicted octanol–water partition coefficient (Wildman–Crippen LogP) is 23.4. The second kappa shape index (κ2) is 76.8. The predicted molar refractivity (Wildman–Crippen MR) is 315 cm³/mol. The molecule has 0 atom stereocenters. The summed E-state index contributed by atoms with van der Waals surface area (Å²) in [6, 6.07) is 0. The highest BCUT2D eigenvalue weighted by atomic mass is 16.3. The van der Waals surface area contributed by atoms with Crippen molar-refractivity contribution < 1.29 is 15.3 Å². The molecule has 3 heteroatoms. The van der Waals surface area contributed by atoms with Crippen LogP contribution in [0.1, 0.15) is 406 Å². The molecule has 0 spiro atoms. The van der Waals surface area contributed by atoms with Gasteiger partial charge in [-0.05, 0) is 19.3 Å². The lowest BCUT2D eigenvalue weighted by molar-refractivity contribution is 0.282. The summed E-state index contributed by atoms with van der Waals surface area (Å²) in [7, 11) is 0. The van der Waals surface area contributed by atoms with Crippen molar-refractivity contribution in [2.45, 2.75) is 406 Å². The fraction of sp³-hybridized carbons (Fsp3) is 1.00. The third-order valence-corrected chi connectivity index (χ3v) is 15.0. The van der Waals surface area contributed by atoms with Gasteiger partial charge in [-0.1, -0.05) is 387 Å². The highest BCUT2D eigenvalue weighted by molar-refractivity contribution is 4.54. The fourth-order valence-electron chi connectivity index (χ4n) is 10.1. The van der Waals surface area contributed by atoms with Gasteiger partial charge in [0.2, 0.25) is 0 Å². The Hall–Kier alpha value is -0.120. The third-order valence-electron chi connectivity index (χ3n) is 15.0. The van der Waals surface area contributed by atoms with Crippen LogP contribution in [0.3, 0.4) is 0 Å². The summed E-state index contributed by atoms with van der Waals surface area (Å²) >= 11 is 0. The minimum Gasteiger partial charge on any atom is -0.396 e. The molecule has 0 heterocycles. The van der Waals surface area contributed by atoms with E-state index < -0.39 is 0 Å². The average Bonchev–Trinajstić information content (AvgIpc) is 3.36. The molecular weight excluding hydrogens is 841 g/mol. The second-order valence-corrected chi connectivity index (χ2v) is 22.3. The highest BCUT2D eigenvalue weighted by Crippen LogP contribution is 2.18. The Morgan fingerprint density at radius 2 is 0.188 bits per heavy atom. The third kappa shape index (κ3) is 82.2. The first kappa shape index (κ1) is 73.1. The Morgan fingerprint density at radius 1 is 0.116 bits per heavy atom. The van der Waals surface area contributed by atoms with Crippen molar-refractivity contribution in [2.75, 3.05) is 19.8 Å². The summed E-state index contributed by atoms with van der Waals surface area (Å²) in [4.78, 5) is 0. The number of aliphatic hydroxyl groups is 3. The van der Waals surface area contributed by atoms with E-state index in [1.165, 1.54) is 366 Å². The molecule has 0 aromatic rings. The van der Waals surface area contributed by atoms with Crippen molar-refractivity contribution >= 4 is 0 Å². The topological polar surface area (TPSA) is 60.7 Å². The van der Waals surface area contributed by atoms with Crippen LogP contribution in [0.15, 0.2) is 0 Å². The van der Waals surface area contributed by atoms with Gasteiger partial charge in [0.25, 0.3) is 0 Å². The Balaban J connectivity index is -0.000000947. The van der Waals surface area contributed by atoms with Crippen molar-refractivity contribution in [2.24, 2.45) is 0 Å². The first-order valence-corrected chi connectivity index (χ1v) is 33.1. The second-order valence-electron chi connectivity index (χ2n) is 22.3. The molecule has 0 aromatic carbocycles. The fourth-order valence-corrected chi connectivity index (χ4v) is 10.1. The lowest BCUT2D eigenvalue weighted by Gasteiger charge is -2.03. The van der Waals surface area contributed by atoms with E-state index in [0.29, 0.717) is 19.8 Å². The van der Waals surface area contributed by atoms with Crippen LogP contribution in [-0.2, 0) is 0 Å². The molecule has 420 valence electrons. The maximum absolute atomic E-state index is 8.71. The molecule has 0 radical (unpaired) electrons. The molecule has 0 aliphatic carbocycles. The summed E-state index contributed by atoms with van der Waals surface area (Å²) in [6.45, 7) is 8.00. The van der Waals surface area contributed by atoms with Gasteiger partial charge in [-0.25, -0.2) is 0 Å². The molecule has 0 bridgehead atoms. The minimum absolute atomic E-state index is 0.374. The van der Waals surface area contributed by atoms with E-state index in [-0.39, 0.29) is 0 Å². The molecule has 0 rings (SSSR count). The lowest BCUT2D eigenvalue weighted by atomic mass is 10.0. The number of hydrogen-bond donors (Lipinski definition) is 3. The van der Waals surface area contributed by atoms with Crippen LogP contribution in [0.5, 0.6) is 0 Å². The molecule has 3 N–H and O–H groups in total. The SMILES string of the molecule is CCCCCCCCCCCCCCCCCCCCCCO.CCCCCCCCCCCCCCCCCCCCCCO.CCCCCCCCCCCCCCCCCCCCCCO. The zero-order valence-corrected chi connectivity index (χ0v) is 48.9. The molecule has 0 aliphatic rings. The summed E-state index contributed by atoms with van der Waals surface area (Å²) < 4.78 is 0. The van der Waals surface area contributed by atoms with Gasteiger partial charge in [-0.3, -0.25) is 0 Å². The van der Waals surface area contributed by atoms with E-state index in [2.05, 4.69) is 20.8 Å². The summed E-state index contributed by atoms with van der Waals surface area (Å²) in [6.07, 6.45) is 84.4. The van der Waals surface area contributed by atoms with Crippen molar-refractivity contribution in [1.29, 1.82) is 0 Å². The van der Waals surface area contributed by atoms with Crippen molar-refractivity contribution in [1.82, 2.24) is 0 Å². The number of unbranched alkanes of at least 4 members (excludes halogenated alkanes) is 57. The molecule has 69 heavy (non-hydrogen) atoms. The molecule has 0 amide bonds. The van der Waals surface area contributed by atoms with E-state index in [4.69, 9.17) is 15.3 Å².